The van der Waals surface area contributed by atoms with Gasteiger partial charge in [-0.25, -0.2) is 0 Å². The van der Waals surface area contributed by atoms with Gasteiger partial charge < -0.3 is 11.1 Å². The Morgan fingerprint density at radius 3 is 2.53 bits per heavy atom. The van der Waals surface area contributed by atoms with Crippen LogP contribution in [0.25, 0.3) is 0 Å². The third-order valence-corrected chi connectivity index (χ3v) is 2.78. The van der Waals surface area contributed by atoms with Gasteiger partial charge in [-0.1, -0.05) is 33.1 Å². The topological polar surface area (TPSA) is 55.1 Å². The lowest BCUT2D eigenvalue weighted by Gasteiger charge is -2.16. The summed E-state index contributed by atoms with van der Waals surface area (Å²) < 4.78 is 0. The molecule has 0 heterocycles. The molecule has 3 nitrogen and oxygen atoms in total. The number of nitrogens with two attached hydrogens (primary N) is 1. The number of amides is 1. The summed E-state index contributed by atoms with van der Waals surface area (Å²) in [6, 6.07) is 0.0983. The molecule has 1 amide bonds. The van der Waals surface area contributed by atoms with Crippen LogP contribution in [-0.4, -0.2) is 18.5 Å². The van der Waals surface area contributed by atoms with Gasteiger partial charge >= 0.3 is 0 Å². The average Bonchev–Trinajstić information content (AvgIpc) is 2.23. The minimum absolute atomic E-state index is 0.0983. The van der Waals surface area contributed by atoms with E-state index in [9.17, 15) is 4.79 Å². The zero-order valence-corrected chi connectivity index (χ0v) is 10.4. The van der Waals surface area contributed by atoms with Crippen molar-refractivity contribution >= 4 is 5.91 Å². The Kier molecular flexibility index (Phi) is 8.38. The van der Waals surface area contributed by atoms with Gasteiger partial charge in [-0.05, 0) is 19.3 Å². The summed E-state index contributed by atoms with van der Waals surface area (Å²) in [6.45, 7) is 6.78. The highest BCUT2D eigenvalue weighted by molar-refractivity contribution is 5.76. The van der Waals surface area contributed by atoms with Crippen molar-refractivity contribution in [2.24, 2.45) is 11.7 Å². The second-order valence-corrected chi connectivity index (χ2v) is 4.32. The smallest absolute Gasteiger partial charge is 0.220 e. The number of nitrogens with one attached hydrogen (secondary N) is 1. The van der Waals surface area contributed by atoms with Crippen molar-refractivity contribution in [2.75, 3.05) is 6.54 Å². The Balaban J connectivity index is 3.79. The van der Waals surface area contributed by atoms with E-state index in [1.165, 1.54) is 12.8 Å². The maximum absolute atomic E-state index is 11.6. The SMILES string of the molecule is CCCCC(CC)CC(=O)N[C@@H](C)CN. The largest absolute Gasteiger partial charge is 0.352 e. The Morgan fingerprint density at radius 1 is 1.40 bits per heavy atom. The molecule has 0 aliphatic heterocycles. The lowest BCUT2D eigenvalue weighted by atomic mass is 9.95. The van der Waals surface area contributed by atoms with E-state index in [-0.39, 0.29) is 11.9 Å². The number of hydrogen-bond donors (Lipinski definition) is 2. The molecule has 0 rings (SSSR count). The molecule has 0 bridgehead atoms. The van der Waals surface area contributed by atoms with Crippen LogP contribution in [0, 0.1) is 5.92 Å². The Labute approximate surface area is 93.8 Å². The fraction of sp³-hybridized carbons (Fsp3) is 0.917. The quantitative estimate of drug-likeness (QED) is 0.650. The van der Waals surface area contributed by atoms with Gasteiger partial charge in [0.05, 0.1) is 0 Å². The van der Waals surface area contributed by atoms with Gasteiger partial charge in [-0.2, -0.15) is 0 Å². The second kappa shape index (κ2) is 8.72. The van der Waals surface area contributed by atoms with Gasteiger partial charge in [0.1, 0.15) is 0 Å². The van der Waals surface area contributed by atoms with Gasteiger partial charge in [-0.3, -0.25) is 4.79 Å². The number of carbonyl (C=O) groups excluding carboxylic acids is 1. The van der Waals surface area contributed by atoms with Crippen molar-refractivity contribution in [2.45, 2.75) is 58.9 Å². The highest BCUT2D eigenvalue weighted by Gasteiger charge is 2.12. The summed E-state index contributed by atoms with van der Waals surface area (Å²) in [5, 5.41) is 2.91. The summed E-state index contributed by atoms with van der Waals surface area (Å²) in [5.41, 5.74) is 5.45. The minimum Gasteiger partial charge on any atom is -0.352 e. The molecule has 0 aliphatic rings. The fourth-order valence-electron chi connectivity index (χ4n) is 1.60. The molecular formula is C12H26N2O. The van der Waals surface area contributed by atoms with Gasteiger partial charge in [-0.15, -0.1) is 0 Å². The second-order valence-electron chi connectivity index (χ2n) is 4.32. The van der Waals surface area contributed by atoms with Crippen LogP contribution >= 0.6 is 0 Å². The summed E-state index contributed by atoms with van der Waals surface area (Å²) in [7, 11) is 0. The van der Waals surface area contributed by atoms with Crippen molar-refractivity contribution in [3.63, 3.8) is 0 Å². The lowest BCUT2D eigenvalue weighted by molar-refractivity contribution is -0.122. The molecule has 2 atom stereocenters. The van der Waals surface area contributed by atoms with E-state index in [0.717, 1.165) is 12.8 Å². The van der Waals surface area contributed by atoms with Gasteiger partial charge in [0, 0.05) is 19.0 Å². The molecule has 0 aromatic rings. The summed E-state index contributed by atoms with van der Waals surface area (Å²) in [4.78, 5) is 11.6. The van der Waals surface area contributed by atoms with Crippen molar-refractivity contribution in [3.05, 3.63) is 0 Å². The third-order valence-electron chi connectivity index (χ3n) is 2.78. The van der Waals surface area contributed by atoms with E-state index in [0.29, 0.717) is 18.9 Å². The Morgan fingerprint density at radius 2 is 2.07 bits per heavy atom. The number of unbranched alkanes of at least 4 members (excludes halogenated alkanes) is 1. The molecule has 15 heavy (non-hydrogen) atoms. The molecule has 0 saturated heterocycles. The Hall–Kier alpha value is -0.570. The molecule has 3 heteroatoms. The van der Waals surface area contributed by atoms with Crippen LogP contribution in [0.2, 0.25) is 0 Å². The standard InChI is InChI=1S/C12H26N2O/c1-4-6-7-11(5-2)8-12(15)14-10(3)9-13/h10-11H,4-9,13H2,1-3H3,(H,14,15)/t10-,11?/m0/s1. The first kappa shape index (κ1) is 14.4. The van der Waals surface area contributed by atoms with Gasteiger partial charge in [0.2, 0.25) is 5.91 Å². The molecule has 1 unspecified atom stereocenters. The summed E-state index contributed by atoms with van der Waals surface area (Å²) in [5.74, 6) is 0.686. The van der Waals surface area contributed by atoms with Crippen molar-refractivity contribution in [3.8, 4) is 0 Å². The molecule has 0 aliphatic carbocycles. The predicted molar refractivity (Wildman–Crippen MR) is 64.6 cm³/mol. The minimum atomic E-state index is 0.0983. The molecule has 3 N–H and O–H groups in total. The van der Waals surface area contributed by atoms with Gasteiger partial charge in [0.25, 0.3) is 0 Å². The maximum Gasteiger partial charge on any atom is 0.220 e. The van der Waals surface area contributed by atoms with Crippen molar-refractivity contribution in [1.82, 2.24) is 5.32 Å². The van der Waals surface area contributed by atoms with E-state index in [1.54, 1.807) is 0 Å². The van der Waals surface area contributed by atoms with Crippen molar-refractivity contribution < 1.29 is 4.79 Å². The fourth-order valence-corrected chi connectivity index (χ4v) is 1.60. The Bertz CT molecular complexity index is 171. The highest BCUT2D eigenvalue weighted by Crippen LogP contribution is 2.16. The van der Waals surface area contributed by atoms with Crippen LogP contribution < -0.4 is 11.1 Å². The molecule has 0 aromatic heterocycles. The maximum atomic E-state index is 11.6. The lowest BCUT2D eigenvalue weighted by Crippen LogP contribution is -2.38. The number of rotatable bonds is 8. The first-order chi connectivity index (χ1) is 7.13. The monoisotopic (exact) mass is 214 g/mol. The van der Waals surface area contributed by atoms with Crippen LogP contribution in [0.1, 0.15) is 52.9 Å². The number of carbonyl (C=O) groups is 1. The molecular weight excluding hydrogens is 188 g/mol. The molecule has 0 spiro atoms. The van der Waals surface area contributed by atoms with Crippen molar-refractivity contribution in [1.29, 1.82) is 0 Å². The van der Waals surface area contributed by atoms with E-state index < -0.39 is 0 Å². The zero-order chi connectivity index (χ0) is 11.7. The third kappa shape index (κ3) is 7.37. The molecule has 0 saturated carbocycles. The molecule has 0 aromatic carbocycles. The van der Waals surface area contributed by atoms with Crippen LogP contribution in [-0.2, 0) is 4.79 Å². The van der Waals surface area contributed by atoms with E-state index in [1.807, 2.05) is 6.92 Å². The molecule has 0 radical (unpaired) electrons. The summed E-state index contributed by atoms with van der Waals surface area (Å²) >= 11 is 0. The van der Waals surface area contributed by atoms with Crippen LogP contribution in [0.15, 0.2) is 0 Å². The van der Waals surface area contributed by atoms with E-state index in [2.05, 4.69) is 19.2 Å². The van der Waals surface area contributed by atoms with E-state index in [4.69, 9.17) is 5.73 Å². The summed E-state index contributed by atoms with van der Waals surface area (Å²) in [6.07, 6.45) is 5.33. The number of hydrogen-bond acceptors (Lipinski definition) is 2. The van der Waals surface area contributed by atoms with Gasteiger partial charge in [0.15, 0.2) is 0 Å². The van der Waals surface area contributed by atoms with E-state index >= 15 is 0 Å². The average molecular weight is 214 g/mol. The van der Waals surface area contributed by atoms with Crippen LogP contribution in [0.4, 0.5) is 0 Å². The predicted octanol–water partition coefficient (Wildman–Crippen LogP) is 2.06. The first-order valence-corrected chi connectivity index (χ1v) is 6.13. The van der Waals surface area contributed by atoms with Crippen LogP contribution in [0.5, 0.6) is 0 Å². The molecule has 0 fully saturated rings. The highest BCUT2D eigenvalue weighted by atomic mass is 16.1. The van der Waals surface area contributed by atoms with Crippen LogP contribution in [0.3, 0.4) is 0 Å². The molecule has 90 valence electrons. The zero-order valence-electron chi connectivity index (χ0n) is 10.4. The first-order valence-electron chi connectivity index (χ1n) is 6.13. The normalized spacial score (nSPS) is 14.7.